The zero-order valence-electron chi connectivity index (χ0n) is 9.77. The average Bonchev–Trinajstić information content (AvgIpc) is 2.33. The standard InChI is InChI=1S/C13H12BrN3O/c1-8-3-2-6-16-12(8)13(18)17-11-5-4-9(14)7-10(11)15/h2-7H,15H2,1H3,(H,17,18). The molecule has 1 heterocycles. The van der Waals surface area contributed by atoms with Gasteiger partial charge < -0.3 is 11.1 Å². The molecule has 0 aliphatic rings. The van der Waals surface area contributed by atoms with Crippen LogP contribution in [0.1, 0.15) is 16.1 Å². The van der Waals surface area contributed by atoms with Crippen molar-refractivity contribution in [1.29, 1.82) is 0 Å². The topological polar surface area (TPSA) is 68.0 Å². The second-order valence-electron chi connectivity index (χ2n) is 3.85. The SMILES string of the molecule is Cc1cccnc1C(=O)Nc1ccc(Br)cc1N. The maximum Gasteiger partial charge on any atom is 0.274 e. The Kier molecular flexibility index (Phi) is 3.62. The van der Waals surface area contributed by atoms with Crippen LogP contribution in [0.15, 0.2) is 41.0 Å². The number of rotatable bonds is 2. The van der Waals surface area contributed by atoms with Gasteiger partial charge in [-0.05, 0) is 36.8 Å². The van der Waals surface area contributed by atoms with Gasteiger partial charge in [0.1, 0.15) is 5.69 Å². The molecule has 18 heavy (non-hydrogen) atoms. The summed E-state index contributed by atoms with van der Waals surface area (Å²) < 4.78 is 0.868. The smallest absolute Gasteiger partial charge is 0.274 e. The maximum atomic E-state index is 12.0. The van der Waals surface area contributed by atoms with E-state index in [0.717, 1.165) is 10.0 Å². The maximum absolute atomic E-state index is 12.0. The second kappa shape index (κ2) is 5.18. The fourth-order valence-electron chi connectivity index (χ4n) is 1.55. The fourth-order valence-corrected chi connectivity index (χ4v) is 1.93. The third kappa shape index (κ3) is 2.68. The van der Waals surface area contributed by atoms with Crippen molar-refractivity contribution in [1.82, 2.24) is 4.98 Å². The molecule has 0 fully saturated rings. The van der Waals surface area contributed by atoms with Gasteiger partial charge >= 0.3 is 0 Å². The van der Waals surface area contributed by atoms with Gasteiger partial charge in [0.25, 0.3) is 5.91 Å². The molecule has 1 aromatic heterocycles. The highest BCUT2D eigenvalue weighted by atomic mass is 79.9. The molecule has 92 valence electrons. The van der Waals surface area contributed by atoms with E-state index in [4.69, 9.17) is 5.73 Å². The fraction of sp³-hybridized carbons (Fsp3) is 0.0769. The number of carbonyl (C=O) groups is 1. The number of nitrogens with one attached hydrogen (secondary N) is 1. The molecule has 0 radical (unpaired) electrons. The van der Waals surface area contributed by atoms with Crippen LogP contribution in [0.2, 0.25) is 0 Å². The minimum Gasteiger partial charge on any atom is -0.397 e. The Hall–Kier alpha value is -1.88. The van der Waals surface area contributed by atoms with Gasteiger partial charge in [-0.3, -0.25) is 9.78 Å². The first-order chi connectivity index (χ1) is 8.58. The number of halogens is 1. The van der Waals surface area contributed by atoms with Crippen LogP contribution in [-0.4, -0.2) is 10.9 Å². The van der Waals surface area contributed by atoms with Gasteiger partial charge in [0, 0.05) is 10.7 Å². The number of nitrogen functional groups attached to an aromatic ring is 1. The number of anilines is 2. The van der Waals surface area contributed by atoms with Crippen molar-refractivity contribution >= 4 is 33.2 Å². The van der Waals surface area contributed by atoms with Crippen LogP contribution in [0.25, 0.3) is 0 Å². The molecule has 2 rings (SSSR count). The number of hydrogen-bond acceptors (Lipinski definition) is 3. The van der Waals surface area contributed by atoms with Crippen LogP contribution in [0.3, 0.4) is 0 Å². The molecule has 4 nitrogen and oxygen atoms in total. The monoisotopic (exact) mass is 305 g/mol. The molecule has 0 atom stereocenters. The lowest BCUT2D eigenvalue weighted by Crippen LogP contribution is -2.16. The predicted molar refractivity (Wildman–Crippen MR) is 75.5 cm³/mol. The van der Waals surface area contributed by atoms with Gasteiger partial charge in [-0.25, -0.2) is 0 Å². The van der Waals surface area contributed by atoms with Crippen LogP contribution in [0, 0.1) is 6.92 Å². The van der Waals surface area contributed by atoms with Crippen molar-refractivity contribution in [2.24, 2.45) is 0 Å². The molecule has 0 saturated carbocycles. The van der Waals surface area contributed by atoms with E-state index in [9.17, 15) is 4.79 Å². The summed E-state index contributed by atoms with van der Waals surface area (Å²) in [4.78, 5) is 16.1. The zero-order valence-corrected chi connectivity index (χ0v) is 11.4. The molecular weight excluding hydrogens is 294 g/mol. The van der Waals surface area contributed by atoms with Gasteiger partial charge in [0.15, 0.2) is 0 Å². The van der Waals surface area contributed by atoms with Crippen LogP contribution >= 0.6 is 15.9 Å². The lowest BCUT2D eigenvalue weighted by molar-refractivity contribution is 0.102. The van der Waals surface area contributed by atoms with E-state index in [1.807, 2.05) is 19.1 Å². The summed E-state index contributed by atoms with van der Waals surface area (Å²) in [7, 11) is 0. The molecule has 0 bridgehead atoms. The highest BCUT2D eigenvalue weighted by Crippen LogP contribution is 2.23. The Morgan fingerprint density at radius 1 is 1.39 bits per heavy atom. The van der Waals surface area contributed by atoms with Crippen LogP contribution in [0.5, 0.6) is 0 Å². The van der Waals surface area contributed by atoms with E-state index in [2.05, 4.69) is 26.2 Å². The molecule has 0 aliphatic heterocycles. The summed E-state index contributed by atoms with van der Waals surface area (Å²) >= 11 is 3.31. The van der Waals surface area contributed by atoms with E-state index >= 15 is 0 Å². The van der Waals surface area contributed by atoms with Crippen molar-refractivity contribution in [3.63, 3.8) is 0 Å². The van der Waals surface area contributed by atoms with E-state index < -0.39 is 0 Å². The van der Waals surface area contributed by atoms with Crippen LogP contribution in [-0.2, 0) is 0 Å². The number of nitrogens with zero attached hydrogens (tertiary/aromatic N) is 1. The minimum absolute atomic E-state index is 0.262. The molecule has 1 amide bonds. The number of hydrogen-bond donors (Lipinski definition) is 2. The Morgan fingerprint density at radius 2 is 2.17 bits per heavy atom. The van der Waals surface area contributed by atoms with Gasteiger partial charge in [0.2, 0.25) is 0 Å². The molecule has 2 aromatic rings. The molecule has 0 spiro atoms. The Morgan fingerprint density at radius 3 is 2.83 bits per heavy atom. The highest BCUT2D eigenvalue weighted by molar-refractivity contribution is 9.10. The largest absolute Gasteiger partial charge is 0.397 e. The molecule has 0 aliphatic carbocycles. The lowest BCUT2D eigenvalue weighted by atomic mass is 10.2. The average molecular weight is 306 g/mol. The number of benzene rings is 1. The van der Waals surface area contributed by atoms with E-state index in [0.29, 0.717) is 17.1 Å². The summed E-state index contributed by atoms with van der Waals surface area (Å²) in [6.07, 6.45) is 1.59. The predicted octanol–water partition coefficient (Wildman–Crippen LogP) is 2.99. The number of aromatic nitrogens is 1. The normalized spacial score (nSPS) is 10.1. The lowest BCUT2D eigenvalue weighted by Gasteiger charge is -2.09. The minimum atomic E-state index is -0.262. The third-order valence-electron chi connectivity index (χ3n) is 2.49. The van der Waals surface area contributed by atoms with Gasteiger partial charge in [-0.1, -0.05) is 22.0 Å². The zero-order chi connectivity index (χ0) is 13.1. The van der Waals surface area contributed by atoms with Gasteiger partial charge in [-0.2, -0.15) is 0 Å². The van der Waals surface area contributed by atoms with Crippen molar-refractivity contribution < 1.29 is 4.79 Å². The van der Waals surface area contributed by atoms with Crippen LogP contribution in [0.4, 0.5) is 11.4 Å². The number of carbonyl (C=O) groups excluding carboxylic acids is 1. The van der Waals surface area contributed by atoms with Crippen molar-refractivity contribution in [2.75, 3.05) is 11.1 Å². The quantitative estimate of drug-likeness (QED) is 0.838. The van der Waals surface area contributed by atoms with Gasteiger partial charge in [-0.15, -0.1) is 0 Å². The second-order valence-corrected chi connectivity index (χ2v) is 4.77. The summed E-state index contributed by atoms with van der Waals surface area (Å²) in [6.45, 7) is 1.84. The van der Waals surface area contributed by atoms with Crippen molar-refractivity contribution in [3.05, 3.63) is 52.3 Å². The van der Waals surface area contributed by atoms with Crippen molar-refractivity contribution in [3.8, 4) is 0 Å². The first kappa shape index (κ1) is 12.6. The number of amides is 1. The van der Waals surface area contributed by atoms with E-state index in [-0.39, 0.29) is 5.91 Å². The Bertz CT molecular complexity index is 599. The number of aryl methyl sites for hydroxylation is 1. The van der Waals surface area contributed by atoms with E-state index in [1.54, 1.807) is 24.4 Å². The highest BCUT2D eigenvalue weighted by Gasteiger charge is 2.11. The summed E-state index contributed by atoms with van der Waals surface area (Å²) in [5.41, 5.74) is 8.13. The molecule has 3 N–H and O–H groups in total. The van der Waals surface area contributed by atoms with Gasteiger partial charge in [0.05, 0.1) is 11.4 Å². The summed E-state index contributed by atoms with van der Waals surface area (Å²) in [5, 5.41) is 2.75. The number of pyridine rings is 1. The molecule has 1 aromatic carbocycles. The molecule has 0 saturated heterocycles. The third-order valence-corrected chi connectivity index (χ3v) is 2.98. The number of nitrogens with two attached hydrogens (primary N) is 1. The first-order valence-corrected chi connectivity index (χ1v) is 6.15. The Balaban J connectivity index is 2.24. The summed E-state index contributed by atoms with van der Waals surface area (Å²) in [5.74, 6) is -0.262. The molecule has 5 heteroatoms. The summed E-state index contributed by atoms with van der Waals surface area (Å²) in [6, 6.07) is 8.93. The van der Waals surface area contributed by atoms with Crippen LogP contribution < -0.4 is 11.1 Å². The van der Waals surface area contributed by atoms with E-state index in [1.165, 1.54) is 0 Å². The molecule has 0 unspecified atom stereocenters. The Labute approximate surface area is 113 Å². The van der Waals surface area contributed by atoms with Crippen molar-refractivity contribution in [2.45, 2.75) is 6.92 Å². The molecular formula is C13H12BrN3O. The first-order valence-electron chi connectivity index (χ1n) is 5.36.